The zero-order valence-corrected chi connectivity index (χ0v) is 12.1. The number of nitrogens with one attached hydrogen (secondary N) is 1. The van der Waals surface area contributed by atoms with Crippen LogP contribution in [0.2, 0.25) is 0 Å². The van der Waals surface area contributed by atoms with Gasteiger partial charge in [0.25, 0.3) is 0 Å². The normalized spacial score (nSPS) is 12.3. The Balaban J connectivity index is 2.44. The number of hydrogen-bond donors (Lipinski definition) is 2. The monoisotopic (exact) mass is 270 g/mol. The van der Waals surface area contributed by atoms with E-state index in [2.05, 4.69) is 35.2 Å². The summed E-state index contributed by atoms with van der Waals surface area (Å²) in [5, 5.41) is 3.54. The average molecular weight is 270 g/mol. The van der Waals surface area contributed by atoms with Crippen LogP contribution >= 0.6 is 0 Å². The number of pyridine rings is 2. The van der Waals surface area contributed by atoms with Crippen molar-refractivity contribution in [2.24, 2.45) is 0 Å². The topological polar surface area (TPSA) is 63.8 Å². The molecule has 1 unspecified atom stereocenters. The van der Waals surface area contributed by atoms with Gasteiger partial charge in [0.1, 0.15) is 5.82 Å². The van der Waals surface area contributed by atoms with E-state index in [4.69, 9.17) is 5.73 Å². The summed E-state index contributed by atoms with van der Waals surface area (Å²) in [6.07, 6.45) is 5.56. The number of hydrogen-bond acceptors (Lipinski definition) is 4. The van der Waals surface area contributed by atoms with Crippen LogP contribution in [0.1, 0.15) is 43.1 Å². The summed E-state index contributed by atoms with van der Waals surface area (Å²) in [6.45, 7) is 5.21. The van der Waals surface area contributed by atoms with Crippen LogP contribution in [-0.2, 0) is 6.42 Å². The van der Waals surface area contributed by atoms with Gasteiger partial charge in [-0.2, -0.15) is 0 Å². The van der Waals surface area contributed by atoms with Crippen LogP contribution in [0.5, 0.6) is 0 Å². The lowest BCUT2D eigenvalue weighted by Gasteiger charge is -2.21. The van der Waals surface area contributed by atoms with Gasteiger partial charge in [0.2, 0.25) is 0 Å². The van der Waals surface area contributed by atoms with Crippen molar-refractivity contribution in [3.8, 4) is 0 Å². The summed E-state index contributed by atoms with van der Waals surface area (Å²) >= 11 is 0. The van der Waals surface area contributed by atoms with E-state index < -0.39 is 0 Å². The number of rotatable bonds is 6. The van der Waals surface area contributed by atoms with Crippen LogP contribution in [0.4, 0.5) is 5.82 Å². The molecule has 0 aliphatic carbocycles. The number of aryl methyl sites for hydroxylation is 1. The molecule has 0 saturated carbocycles. The van der Waals surface area contributed by atoms with Crippen molar-refractivity contribution in [3.63, 3.8) is 0 Å². The number of nitrogens with zero attached hydrogens (tertiary/aromatic N) is 2. The molecular weight excluding hydrogens is 248 g/mol. The third-order valence-corrected chi connectivity index (χ3v) is 3.36. The fourth-order valence-electron chi connectivity index (χ4n) is 2.33. The standard InChI is InChI=1S/C16H22N4/c1-3-9-18-15(13-8-6-11-20-16(13)17)14-12(4-2)7-5-10-19-14/h5-8,10-11,15,18H,3-4,9H2,1-2H3,(H2,17,20). The van der Waals surface area contributed by atoms with Crippen molar-refractivity contribution < 1.29 is 0 Å². The van der Waals surface area contributed by atoms with Crippen molar-refractivity contribution in [1.29, 1.82) is 0 Å². The lowest BCUT2D eigenvalue weighted by Crippen LogP contribution is -2.26. The molecule has 2 rings (SSSR count). The van der Waals surface area contributed by atoms with E-state index in [9.17, 15) is 0 Å². The fraction of sp³-hybridized carbons (Fsp3) is 0.375. The minimum Gasteiger partial charge on any atom is -0.383 e. The van der Waals surface area contributed by atoms with E-state index >= 15 is 0 Å². The van der Waals surface area contributed by atoms with Crippen LogP contribution < -0.4 is 11.1 Å². The fourth-order valence-corrected chi connectivity index (χ4v) is 2.33. The molecule has 0 saturated heterocycles. The van der Waals surface area contributed by atoms with Gasteiger partial charge in [-0.1, -0.05) is 26.0 Å². The largest absolute Gasteiger partial charge is 0.383 e. The highest BCUT2D eigenvalue weighted by Crippen LogP contribution is 2.26. The molecule has 0 amide bonds. The summed E-state index contributed by atoms with van der Waals surface area (Å²) in [7, 11) is 0. The quantitative estimate of drug-likeness (QED) is 0.847. The van der Waals surface area contributed by atoms with Crippen LogP contribution in [-0.4, -0.2) is 16.5 Å². The van der Waals surface area contributed by atoms with E-state index in [1.165, 1.54) is 5.56 Å². The highest BCUT2D eigenvalue weighted by atomic mass is 15.0. The summed E-state index contributed by atoms with van der Waals surface area (Å²) in [5.41, 5.74) is 9.32. The molecule has 2 aromatic heterocycles. The van der Waals surface area contributed by atoms with E-state index in [-0.39, 0.29) is 6.04 Å². The highest BCUT2D eigenvalue weighted by Gasteiger charge is 2.20. The van der Waals surface area contributed by atoms with Crippen LogP contribution in [0.3, 0.4) is 0 Å². The van der Waals surface area contributed by atoms with Gasteiger partial charge in [-0.3, -0.25) is 4.98 Å². The number of anilines is 1. The molecule has 4 nitrogen and oxygen atoms in total. The minimum absolute atomic E-state index is 0.000185. The molecule has 0 aliphatic rings. The van der Waals surface area contributed by atoms with Crippen molar-refractivity contribution in [2.45, 2.75) is 32.7 Å². The van der Waals surface area contributed by atoms with E-state index in [1.54, 1.807) is 6.20 Å². The molecule has 0 fully saturated rings. The number of aromatic nitrogens is 2. The second-order valence-corrected chi connectivity index (χ2v) is 4.77. The molecule has 0 bridgehead atoms. The molecule has 3 N–H and O–H groups in total. The van der Waals surface area contributed by atoms with Crippen molar-refractivity contribution in [3.05, 3.63) is 53.5 Å². The van der Waals surface area contributed by atoms with Gasteiger partial charge in [-0.25, -0.2) is 4.98 Å². The minimum atomic E-state index is -0.000185. The van der Waals surface area contributed by atoms with Gasteiger partial charge in [0.05, 0.1) is 11.7 Å². The Hall–Kier alpha value is -1.94. The predicted octanol–water partition coefficient (Wildman–Crippen LogP) is 2.71. The third kappa shape index (κ3) is 3.14. The Labute approximate surface area is 120 Å². The third-order valence-electron chi connectivity index (χ3n) is 3.36. The summed E-state index contributed by atoms with van der Waals surface area (Å²) < 4.78 is 0. The first-order valence-electron chi connectivity index (χ1n) is 7.15. The summed E-state index contributed by atoms with van der Waals surface area (Å²) in [5.74, 6) is 0.564. The molecule has 0 radical (unpaired) electrons. The number of nitrogen functional groups attached to an aromatic ring is 1. The van der Waals surface area contributed by atoms with Crippen LogP contribution in [0, 0.1) is 0 Å². The second kappa shape index (κ2) is 7.01. The summed E-state index contributed by atoms with van der Waals surface area (Å²) in [4.78, 5) is 8.77. The molecule has 0 aromatic carbocycles. The zero-order chi connectivity index (χ0) is 14.4. The van der Waals surface area contributed by atoms with Crippen LogP contribution in [0.25, 0.3) is 0 Å². The Kier molecular flexibility index (Phi) is 5.07. The highest BCUT2D eigenvalue weighted by molar-refractivity contribution is 5.45. The van der Waals surface area contributed by atoms with Gasteiger partial charge in [-0.05, 0) is 37.1 Å². The van der Waals surface area contributed by atoms with Crippen molar-refractivity contribution in [1.82, 2.24) is 15.3 Å². The Bertz CT molecular complexity index is 554. The molecule has 0 spiro atoms. The van der Waals surface area contributed by atoms with Gasteiger partial charge in [-0.15, -0.1) is 0 Å². The smallest absolute Gasteiger partial charge is 0.128 e. The Morgan fingerprint density at radius 2 is 1.90 bits per heavy atom. The van der Waals surface area contributed by atoms with E-state index in [0.29, 0.717) is 5.82 Å². The maximum absolute atomic E-state index is 6.04. The second-order valence-electron chi connectivity index (χ2n) is 4.77. The predicted molar refractivity (Wildman–Crippen MR) is 82.4 cm³/mol. The maximum atomic E-state index is 6.04. The summed E-state index contributed by atoms with van der Waals surface area (Å²) in [6, 6.07) is 8.03. The van der Waals surface area contributed by atoms with E-state index in [1.807, 2.05) is 24.4 Å². The first kappa shape index (κ1) is 14.5. The van der Waals surface area contributed by atoms with Gasteiger partial charge < -0.3 is 11.1 Å². The molecule has 106 valence electrons. The number of nitrogens with two attached hydrogens (primary N) is 1. The first-order chi connectivity index (χ1) is 9.77. The average Bonchev–Trinajstić information content (AvgIpc) is 2.49. The van der Waals surface area contributed by atoms with Gasteiger partial charge >= 0.3 is 0 Å². The van der Waals surface area contributed by atoms with Gasteiger partial charge in [0.15, 0.2) is 0 Å². The van der Waals surface area contributed by atoms with E-state index in [0.717, 1.165) is 30.6 Å². The van der Waals surface area contributed by atoms with Crippen molar-refractivity contribution in [2.75, 3.05) is 12.3 Å². The molecule has 0 aliphatic heterocycles. The van der Waals surface area contributed by atoms with Crippen LogP contribution in [0.15, 0.2) is 36.7 Å². The zero-order valence-electron chi connectivity index (χ0n) is 12.1. The first-order valence-corrected chi connectivity index (χ1v) is 7.15. The van der Waals surface area contributed by atoms with Gasteiger partial charge in [0, 0.05) is 18.0 Å². The molecule has 20 heavy (non-hydrogen) atoms. The molecule has 1 atom stereocenters. The molecule has 2 aromatic rings. The molecule has 4 heteroatoms. The van der Waals surface area contributed by atoms with Crippen molar-refractivity contribution >= 4 is 5.82 Å². The SMILES string of the molecule is CCCNC(c1cccnc1N)c1ncccc1CC. The Morgan fingerprint density at radius 3 is 2.60 bits per heavy atom. The lowest BCUT2D eigenvalue weighted by molar-refractivity contribution is 0.582. The maximum Gasteiger partial charge on any atom is 0.128 e. The molecule has 2 heterocycles. The Morgan fingerprint density at radius 1 is 1.15 bits per heavy atom. The lowest BCUT2D eigenvalue weighted by atomic mass is 9.98. The molecular formula is C16H22N4.